The van der Waals surface area contributed by atoms with E-state index in [-0.39, 0.29) is 0 Å². The minimum Gasteiger partial charge on any atom is -0.497 e. The number of methoxy groups -OCH3 is 1. The van der Waals surface area contributed by atoms with Crippen LogP contribution in [0.4, 0.5) is 10.8 Å². The van der Waals surface area contributed by atoms with Crippen molar-refractivity contribution in [2.45, 2.75) is 13.8 Å². The molecule has 0 bridgehead atoms. The fourth-order valence-electron chi connectivity index (χ4n) is 2.88. The van der Waals surface area contributed by atoms with Gasteiger partial charge in [-0.2, -0.15) is 10.2 Å². The molecule has 0 saturated carbocycles. The lowest BCUT2D eigenvalue weighted by atomic mass is 10.2. The van der Waals surface area contributed by atoms with E-state index in [4.69, 9.17) is 9.72 Å². The van der Waals surface area contributed by atoms with Gasteiger partial charge < -0.3 is 4.74 Å². The summed E-state index contributed by atoms with van der Waals surface area (Å²) in [5.74, 6) is 0.834. The molecule has 1 N–H and O–H groups in total. The average molecular weight is 392 g/mol. The summed E-state index contributed by atoms with van der Waals surface area (Å²) >= 11 is 1.57. The predicted molar refractivity (Wildman–Crippen MR) is 117 cm³/mol. The van der Waals surface area contributed by atoms with Crippen molar-refractivity contribution in [1.29, 1.82) is 0 Å². The number of benzene rings is 2. The maximum atomic E-state index is 5.21. The zero-order valence-electron chi connectivity index (χ0n) is 16.0. The number of hydrazone groups is 2. The third-order valence-electron chi connectivity index (χ3n) is 4.42. The molecule has 0 fully saturated rings. The Morgan fingerprint density at radius 1 is 1.14 bits per heavy atom. The Morgan fingerprint density at radius 2 is 1.96 bits per heavy atom. The normalized spacial score (nSPS) is 15.0. The van der Waals surface area contributed by atoms with Gasteiger partial charge in [-0.05, 0) is 55.8 Å². The fourth-order valence-corrected chi connectivity index (χ4v) is 3.66. The molecule has 7 heteroatoms. The molecule has 1 aromatic heterocycles. The number of aryl methyl sites for hydroxylation is 1. The molecule has 1 aliphatic rings. The Bertz CT molecular complexity index is 1040. The van der Waals surface area contributed by atoms with Crippen molar-refractivity contribution < 1.29 is 4.74 Å². The molecule has 0 saturated heterocycles. The first-order valence-corrected chi connectivity index (χ1v) is 9.82. The summed E-state index contributed by atoms with van der Waals surface area (Å²) in [4.78, 5) is 4.74. The lowest BCUT2D eigenvalue weighted by molar-refractivity contribution is 0.415. The number of thiazole rings is 1. The van der Waals surface area contributed by atoms with Gasteiger partial charge in [-0.1, -0.05) is 12.1 Å². The number of nitrogens with zero attached hydrogens (tertiary/aromatic N) is 4. The topological polar surface area (TPSA) is 62.1 Å². The molecular formula is C21H21N5OS. The van der Waals surface area contributed by atoms with Gasteiger partial charge in [0.15, 0.2) is 0 Å². The van der Waals surface area contributed by atoms with Gasteiger partial charge in [-0.25, -0.2) is 9.99 Å². The van der Waals surface area contributed by atoms with Crippen LogP contribution in [-0.4, -0.2) is 30.1 Å². The van der Waals surface area contributed by atoms with Crippen LogP contribution in [0.5, 0.6) is 5.75 Å². The predicted octanol–water partition coefficient (Wildman–Crippen LogP) is 4.79. The minimum absolute atomic E-state index is 0.597. The highest BCUT2D eigenvalue weighted by molar-refractivity contribution is 7.14. The molecule has 0 radical (unpaired) electrons. The molecule has 2 aromatic carbocycles. The number of hydrogen-bond acceptors (Lipinski definition) is 7. The third-order valence-corrected chi connectivity index (χ3v) is 5.28. The second-order valence-electron chi connectivity index (χ2n) is 6.53. The number of ether oxygens (including phenoxy) is 1. The number of nitrogens with one attached hydrogen (secondary N) is 1. The van der Waals surface area contributed by atoms with Gasteiger partial charge in [0, 0.05) is 10.9 Å². The number of rotatable bonds is 5. The summed E-state index contributed by atoms with van der Waals surface area (Å²) in [5, 5.41) is 13.9. The highest BCUT2D eigenvalue weighted by Crippen LogP contribution is 2.30. The molecule has 142 valence electrons. The SMILES string of the molecule is COc1ccc(-c2csc(N3C/C(=N\Nc4cccc(C)c4)C(C)=N3)n2)cc1. The van der Waals surface area contributed by atoms with E-state index >= 15 is 0 Å². The van der Waals surface area contributed by atoms with Crippen molar-refractivity contribution in [3.05, 3.63) is 59.5 Å². The van der Waals surface area contributed by atoms with E-state index in [1.54, 1.807) is 18.4 Å². The van der Waals surface area contributed by atoms with E-state index in [1.165, 1.54) is 5.56 Å². The second-order valence-corrected chi connectivity index (χ2v) is 7.36. The Labute approximate surface area is 168 Å². The van der Waals surface area contributed by atoms with Crippen molar-refractivity contribution in [3.8, 4) is 17.0 Å². The van der Waals surface area contributed by atoms with Crippen LogP contribution in [0.25, 0.3) is 11.3 Å². The first-order valence-electron chi connectivity index (χ1n) is 8.95. The zero-order chi connectivity index (χ0) is 19.5. The molecule has 4 rings (SSSR count). The quantitative estimate of drug-likeness (QED) is 0.635. The monoisotopic (exact) mass is 391 g/mol. The van der Waals surface area contributed by atoms with Crippen LogP contribution < -0.4 is 15.2 Å². The molecule has 0 atom stereocenters. The van der Waals surface area contributed by atoms with Gasteiger partial charge in [0.2, 0.25) is 5.13 Å². The molecule has 0 spiro atoms. The smallest absolute Gasteiger partial charge is 0.206 e. The summed E-state index contributed by atoms with van der Waals surface area (Å²) in [6.45, 7) is 4.63. The molecule has 0 aliphatic carbocycles. The highest BCUT2D eigenvalue weighted by Gasteiger charge is 2.22. The largest absolute Gasteiger partial charge is 0.497 e. The second kappa shape index (κ2) is 7.82. The van der Waals surface area contributed by atoms with Gasteiger partial charge in [-0.3, -0.25) is 5.43 Å². The molecule has 1 aliphatic heterocycles. The lowest BCUT2D eigenvalue weighted by Crippen LogP contribution is -2.19. The van der Waals surface area contributed by atoms with Gasteiger partial charge in [-0.15, -0.1) is 11.3 Å². The van der Waals surface area contributed by atoms with Crippen molar-refractivity contribution in [2.75, 3.05) is 24.1 Å². The average Bonchev–Trinajstić information content (AvgIpc) is 3.33. The molecule has 0 amide bonds. The first kappa shape index (κ1) is 18.2. The van der Waals surface area contributed by atoms with Crippen LogP contribution in [0.1, 0.15) is 12.5 Å². The molecule has 6 nitrogen and oxygen atoms in total. The number of anilines is 2. The van der Waals surface area contributed by atoms with E-state index in [0.29, 0.717) is 6.54 Å². The lowest BCUT2D eigenvalue weighted by Gasteiger charge is -2.08. The van der Waals surface area contributed by atoms with E-state index in [1.807, 2.05) is 53.7 Å². The van der Waals surface area contributed by atoms with Crippen molar-refractivity contribution in [1.82, 2.24) is 4.98 Å². The van der Waals surface area contributed by atoms with Crippen LogP contribution in [0.15, 0.2) is 64.1 Å². The van der Waals surface area contributed by atoms with E-state index < -0.39 is 0 Å². The minimum atomic E-state index is 0.597. The van der Waals surface area contributed by atoms with Crippen LogP contribution in [0.3, 0.4) is 0 Å². The molecule has 0 unspecified atom stereocenters. The van der Waals surface area contributed by atoms with Crippen molar-refractivity contribution in [3.63, 3.8) is 0 Å². The van der Waals surface area contributed by atoms with Crippen LogP contribution in [0.2, 0.25) is 0 Å². The van der Waals surface area contributed by atoms with Crippen LogP contribution in [0, 0.1) is 6.92 Å². The van der Waals surface area contributed by atoms with Gasteiger partial charge in [0.25, 0.3) is 0 Å². The fraction of sp³-hybridized carbons (Fsp3) is 0.190. The third kappa shape index (κ3) is 3.89. The van der Waals surface area contributed by atoms with Crippen molar-refractivity contribution in [2.24, 2.45) is 10.2 Å². The van der Waals surface area contributed by atoms with Crippen LogP contribution in [-0.2, 0) is 0 Å². The van der Waals surface area contributed by atoms with E-state index in [9.17, 15) is 0 Å². The Hall–Kier alpha value is -3.19. The van der Waals surface area contributed by atoms with E-state index in [0.717, 1.165) is 39.2 Å². The Balaban J connectivity index is 1.47. The molecule has 3 aromatic rings. The summed E-state index contributed by atoms with van der Waals surface area (Å²) < 4.78 is 5.21. The van der Waals surface area contributed by atoms with Gasteiger partial charge >= 0.3 is 0 Å². The van der Waals surface area contributed by atoms with Gasteiger partial charge in [0.1, 0.15) is 11.5 Å². The van der Waals surface area contributed by atoms with Gasteiger partial charge in [0.05, 0.1) is 30.7 Å². The number of aromatic nitrogens is 1. The zero-order valence-corrected chi connectivity index (χ0v) is 16.8. The number of hydrogen-bond donors (Lipinski definition) is 1. The molecular weight excluding hydrogens is 370 g/mol. The highest BCUT2D eigenvalue weighted by atomic mass is 32.1. The van der Waals surface area contributed by atoms with Crippen molar-refractivity contribution >= 4 is 33.6 Å². The van der Waals surface area contributed by atoms with Crippen LogP contribution >= 0.6 is 11.3 Å². The summed E-state index contributed by atoms with van der Waals surface area (Å²) in [6.07, 6.45) is 0. The maximum absolute atomic E-state index is 5.21. The molecule has 28 heavy (non-hydrogen) atoms. The van der Waals surface area contributed by atoms with E-state index in [2.05, 4.69) is 34.7 Å². The summed E-state index contributed by atoms with van der Waals surface area (Å²) in [5.41, 5.74) is 9.06. The Morgan fingerprint density at radius 3 is 2.71 bits per heavy atom. The maximum Gasteiger partial charge on any atom is 0.206 e. The summed E-state index contributed by atoms with van der Waals surface area (Å²) in [7, 11) is 1.66. The molecule has 2 heterocycles. The standard InChI is InChI=1S/C21H21N5OS/c1-14-5-4-6-17(11-14)23-24-19-12-26(25-15(19)2)21-22-20(13-28-21)16-7-9-18(27-3)10-8-16/h4-11,13,23H,12H2,1-3H3/b24-19+. The first-order chi connectivity index (χ1) is 13.6. The summed E-state index contributed by atoms with van der Waals surface area (Å²) in [6, 6.07) is 16.0. The Kier molecular flexibility index (Phi) is 5.08.